The van der Waals surface area contributed by atoms with Crippen molar-refractivity contribution in [2.45, 2.75) is 20.3 Å². The van der Waals surface area contributed by atoms with Crippen molar-refractivity contribution in [2.24, 2.45) is 5.92 Å². The topological polar surface area (TPSA) is 32.3 Å². The molecule has 1 rings (SSSR count). The Bertz CT molecular complexity index is 150. The monoisotopic (exact) mass is 206 g/mol. The molecule has 1 fully saturated rings. The summed E-state index contributed by atoms with van der Waals surface area (Å²) in [6.45, 7) is 7.61. The van der Waals surface area contributed by atoms with Crippen LogP contribution in [0.5, 0.6) is 0 Å². The smallest absolute Gasteiger partial charge is 0.226 e. The van der Waals surface area contributed by atoms with Gasteiger partial charge in [0.15, 0.2) is 0 Å². The molecule has 1 aliphatic rings. The van der Waals surface area contributed by atoms with E-state index in [0.29, 0.717) is 5.91 Å². The summed E-state index contributed by atoms with van der Waals surface area (Å²) in [6.07, 6.45) is 1.01. The highest BCUT2D eigenvalue weighted by Crippen LogP contribution is 2.11. The third-order valence-corrected chi connectivity index (χ3v) is 2.48. The Morgan fingerprint density at radius 1 is 1.46 bits per heavy atom. The van der Waals surface area contributed by atoms with Crippen molar-refractivity contribution in [1.82, 2.24) is 10.2 Å². The summed E-state index contributed by atoms with van der Waals surface area (Å²) in [5.41, 5.74) is 0. The minimum atomic E-state index is 0. The van der Waals surface area contributed by atoms with Gasteiger partial charge in [0, 0.05) is 19.6 Å². The Hall–Kier alpha value is -0.280. The van der Waals surface area contributed by atoms with Gasteiger partial charge in [0.1, 0.15) is 0 Å². The number of hydrogen-bond donors (Lipinski definition) is 1. The van der Waals surface area contributed by atoms with Crippen LogP contribution in [0.2, 0.25) is 0 Å². The molecule has 1 amide bonds. The second-order valence-electron chi connectivity index (χ2n) is 3.20. The van der Waals surface area contributed by atoms with E-state index in [2.05, 4.69) is 5.32 Å². The van der Waals surface area contributed by atoms with Crippen molar-refractivity contribution in [3.8, 4) is 0 Å². The zero-order chi connectivity index (χ0) is 8.97. The maximum Gasteiger partial charge on any atom is 0.226 e. The number of carbonyl (C=O) groups is 1. The van der Waals surface area contributed by atoms with Gasteiger partial charge in [-0.3, -0.25) is 4.79 Å². The summed E-state index contributed by atoms with van der Waals surface area (Å²) in [6, 6.07) is 0. The number of rotatable bonds is 3. The van der Waals surface area contributed by atoms with Crippen LogP contribution in [0.25, 0.3) is 0 Å². The van der Waals surface area contributed by atoms with Crippen LogP contribution in [0.15, 0.2) is 0 Å². The molecule has 0 saturated carbocycles. The first-order valence-corrected chi connectivity index (χ1v) is 4.79. The predicted molar refractivity (Wildman–Crippen MR) is 56.2 cm³/mol. The first-order chi connectivity index (χ1) is 5.79. The Labute approximate surface area is 86.3 Å². The fourth-order valence-electron chi connectivity index (χ4n) is 1.66. The molecule has 0 radical (unpaired) electrons. The van der Waals surface area contributed by atoms with Crippen molar-refractivity contribution in [2.75, 3.05) is 26.2 Å². The molecule has 0 aromatic carbocycles. The van der Waals surface area contributed by atoms with E-state index in [1.54, 1.807) is 0 Å². The molecule has 0 aliphatic carbocycles. The van der Waals surface area contributed by atoms with Gasteiger partial charge in [-0.15, -0.1) is 12.4 Å². The van der Waals surface area contributed by atoms with Gasteiger partial charge in [0.05, 0.1) is 5.92 Å². The molecule has 0 aromatic heterocycles. The van der Waals surface area contributed by atoms with Crippen molar-refractivity contribution in [3.05, 3.63) is 0 Å². The number of nitrogens with one attached hydrogen (secondary N) is 1. The van der Waals surface area contributed by atoms with Gasteiger partial charge in [0.25, 0.3) is 0 Å². The van der Waals surface area contributed by atoms with Crippen LogP contribution in [-0.2, 0) is 4.79 Å². The molecule has 3 nitrogen and oxygen atoms in total. The minimum Gasteiger partial charge on any atom is -0.343 e. The first kappa shape index (κ1) is 12.7. The van der Waals surface area contributed by atoms with E-state index in [4.69, 9.17) is 0 Å². The number of carbonyl (C=O) groups excluding carboxylic acids is 1. The number of hydrogen-bond acceptors (Lipinski definition) is 2. The van der Waals surface area contributed by atoms with Gasteiger partial charge in [-0.2, -0.15) is 0 Å². The molecule has 13 heavy (non-hydrogen) atoms. The van der Waals surface area contributed by atoms with Crippen molar-refractivity contribution in [3.63, 3.8) is 0 Å². The summed E-state index contributed by atoms with van der Waals surface area (Å²) in [5.74, 6) is 0.565. The van der Waals surface area contributed by atoms with E-state index in [9.17, 15) is 4.79 Å². The molecule has 1 heterocycles. The summed E-state index contributed by atoms with van der Waals surface area (Å²) in [7, 11) is 0. The lowest BCUT2D eigenvalue weighted by molar-refractivity contribution is -0.134. The Kier molecular flexibility index (Phi) is 6.08. The highest BCUT2D eigenvalue weighted by molar-refractivity contribution is 5.85. The molecular formula is C9H19ClN2O. The molecule has 1 N–H and O–H groups in total. The van der Waals surface area contributed by atoms with Crippen LogP contribution >= 0.6 is 12.4 Å². The maximum absolute atomic E-state index is 11.7. The van der Waals surface area contributed by atoms with Crippen LogP contribution in [0.4, 0.5) is 0 Å². The molecule has 0 spiro atoms. The highest BCUT2D eigenvalue weighted by Gasteiger charge is 2.25. The quantitative estimate of drug-likeness (QED) is 0.744. The average Bonchev–Trinajstić information content (AvgIpc) is 2.58. The minimum absolute atomic E-state index is 0. The fraction of sp³-hybridized carbons (Fsp3) is 0.889. The first-order valence-electron chi connectivity index (χ1n) is 4.79. The second-order valence-corrected chi connectivity index (χ2v) is 3.20. The normalized spacial score (nSPS) is 20.9. The molecule has 78 valence electrons. The van der Waals surface area contributed by atoms with Crippen LogP contribution in [0, 0.1) is 5.92 Å². The van der Waals surface area contributed by atoms with Gasteiger partial charge in [-0.1, -0.05) is 0 Å². The van der Waals surface area contributed by atoms with Crippen LogP contribution in [0.3, 0.4) is 0 Å². The van der Waals surface area contributed by atoms with Gasteiger partial charge >= 0.3 is 0 Å². The van der Waals surface area contributed by atoms with Gasteiger partial charge in [-0.25, -0.2) is 0 Å². The molecule has 1 aliphatic heterocycles. The van der Waals surface area contributed by atoms with Gasteiger partial charge < -0.3 is 10.2 Å². The Balaban J connectivity index is 0.00000144. The van der Waals surface area contributed by atoms with Crippen molar-refractivity contribution in [1.29, 1.82) is 0 Å². The summed E-state index contributed by atoms with van der Waals surface area (Å²) >= 11 is 0. The Morgan fingerprint density at radius 3 is 2.46 bits per heavy atom. The summed E-state index contributed by atoms with van der Waals surface area (Å²) < 4.78 is 0. The third kappa shape index (κ3) is 3.16. The number of halogens is 1. The molecular weight excluding hydrogens is 188 g/mol. The molecule has 0 bridgehead atoms. The largest absolute Gasteiger partial charge is 0.343 e. The number of nitrogens with zero attached hydrogens (tertiary/aromatic N) is 1. The SMILES string of the molecule is CCN(CC)C(=O)C1CCNC1.Cl. The predicted octanol–water partition coefficient (Wildman–Crippen LogP) is 0.886. The lowest BCUT2D eigenvalue weighted by Gasteiger charge is -2.21. The van der Waals surface area contributed by atoms with Crippen LogP contribution in [0.1, 0.15) is 20.3 Å². The second kappa shape index (κ2) is 6.22. The van der Waals surface area contributed by atoms with E-state index in [-0.39, 0.29) is 18.3 Å². The van der Waals surface area contributed by atoms with Gasteiger partial charge in [0.2, 0.25) is 5.91 Å². The van der Waals surface area contributed by atoms with Crippen molar-refractivity contribution >= 4 is 18.3 Å². The van der Waals surface area contributed by atoms with E-state index in [1.807, 2.05) is 18.7 Å². The molecule has 1 saturated heterocycles. The lowest BCUT2D eigenvalue weighted by Crippen LogP contribution is -2.36. The standard InChI is InChI=1S/C9H18N2O.ClH/c1-3-11(4-2)9(12)8-5-6-10-7-8;/h8,10H,3-7H2,1-2H3;1H. The number of amides is 1. The van der Waals surface area contributed by atoms with E-state index in [1.165, 1.54) is 0 Å². The third-order valence-electron chi connectivity index (χ3n) is 2.48. The zero-order valence-electron chi connectivity index (χ0n) is 8.38. The van der Waals surface area contributed by atoms with Crippen molar-refractivity contribution < 1.29 is 4.79 Å². The molecule has 0 aromatic rings. The van der Waals surface area contributed by atoms with Crippen LogP contribution in [-0.4, -0.2) is 37.0 Å². The highest BCUT2D eigenvalue weighted by atomic mass is 35.5. The lowest BCUT2D eigenvalue weighted by atomic mass is 10.1. The molecule has 1 atom stereocenters. The Morgan fingerprint density at radius 2 is 2.08 bits per heavy atom. The van der Waals surface area contributed by atoms with E-state index >= 15 is 0 Å². The fourth-order valence-corrected chi connectivity index (χ4v) is 1.66. The molecule has 1 unspecified atom stereocenters. The zero-order valence-corrected chi connectivity index (χ0v) is 9.19. The van der Waals surface area contributed by atoms with Gasteiger partial charge in [-0.05, 0) is 26.8 Å². The van der Waals surface area contributed by atoms with Crippen LogP contribution < -0.4 is 5.32 Å². The summed E-state index contributed by atoms with van der Waals surface area (Å²) in [5, 5.41) is 3.21. The average molecular weight is 207 g/mol. The maximum atomic E-state index is 11.7. The van der Waals surface area contributed by atoms with E-state index < -0.39 is 0 Å². The summed E-state index contributed by atoms with van der Waals surface area (Å²) in [4.78, 5) is 13.6. The van der Waals surface area contributed by atoms with E-state index in [0.717, 1.165) is 32.6 Å². The molecule has 4 heteroatoms.